The lowest BCUT2D eigenvalue weighted by Gasteiger charge is -2.33. The average Bonchev–Trinajstić information content (AvgIpc) is 3.06. The van der Waals surface area contributed by atoms with Crippen LogP contribution in [0.5, 0.6) is 11.5 Å². The van der Waals surface area contributed by atoms with E-state index in [4.69, 9.17) is 14.5 Å². The Morgan fingerprint density at radius 3 is 2.79 bits per heavy atom. The lowest BCUT2D eigenvalue weighted by Crippen LogP contribution is -2.42. The van der Waals surface area contributed by atoms with Gasteiger partial charge in [0.1, 0.15) is 5.01 Å². The van der Waals surface area contributed by atoms with Crippen molar-refractivity contribution in [2.75, 3.05) is 27.3 Å². The van der Waals surface area contributed by atoms with E-state index in [0.29, 0.717) is 11.7 Å². The van der Waals surface area contributed by atoms with Gasteiger partial charge in [0, 0.05) is 24.0 Å². The first-order valence-electron chi connectivity index (χ1n) is 8.18. The molecule has 24 heavy (non-hydrogen) atoms. The van der Waals surface area contributed by atoms with Gasteiger partial charge < -0.3 is 14.6 Å². The van der Waals surface area contributed by atoms with Crippen molar-refractivity contribution in [2.45, 2.75) is 26.0 Å². The molecule has 1 aliphatic heterocycles. The van der Waals surface area contributed by atoms with E-state index in [-0.39, 0.29) is 6.10 Å². The number of aliphatic hydroxyl groups is 1. The highest BCUT2D eigenvalue weighted by Crippen LogP contribution is 2.33. The van der Waals surface area contributed by atoms with E-state index in [0.717, 1.165) is 48.1 Å². The molecule has 2 aromatic rings. The number of rotatable bonds is 5. The van der Waals surface area contributed by atoms with Crippen LogP contribution in [0.25, 0.3) is 10.6 Å². The van der Waals surface area contributed by atoms with Crippen LogP contribution < -0.4 is 9.47 Å². The smallest absolute Gasteiger partial charge is 0.161 e. The molecule has 0 saturated carbocycles. The Morgan fingerprint density at radius 1 is 1.29 bits per heavy atom. The van der Waals surface area contributed by atoms with Gasteiger partial charge in [-0.25, -0.2) is 4.98 Å². The number of nitrogens with zero attached hydrogens (tertiary/aromatic N) is 2. The molecular weight excluding hydrogens is 324 g/mol. The molecule has 1 aromatic carbocycles. The first-order chi connectivity index (χ1) is 11.6. The van der Waals surface area contributed by atoms with Gasteiger partial charge in [-0.1, -0.05) is 6.92 Å². The fraction of sp³-hybridized carbons (Fsp3) is 0.500. The number of methoxy groups -OCH3 is 2. The maximum atomic E-state index is 10.0. The van der Waals surface area contributed by atoms with Crippen LogP contribution in [0.4, 0.5) is 0 Å². The van der Waals surface area contributed by atoms with Gasteiger partial charge in [0.25, 0.3) is 0 Å². The first kappa shape index (κ1) is 17.2. The monoisotopic (exact) mass is 348 g/mol. The molecule has 1 N–H and O–H groups in total. The average molecular weight is 348 g/mol. The van der Waals surface area contributed by atoms with E-state index in [2.05, 4.69) is 17.2 Å². The van der Waals surface area contributed by atoms with Crippen LogP contribution >= 0.6 is 11.3 Å². The summed E-state index contributed by atoms with van der Waals surface area (Å²) >= 11 is 1.63. The van der Waals surface area contributed by atoms with E-state index in [1.165, 1.54) is 0 Å². The molecule has 0 radical (unpaired) electrons. The Hall–Kier alpha value is -1.63. The van der Waals surface area contributed by atoms with Gasteiger partial charge in [-0.3, -0.25) is 4.90 Å². The Balaban J connectivity index is 1.71. The fourth-order valence-electron chi connectivity index (χ4n) is 2.97. The molecule has 2 heterocycles. The van der Waals surface area contributed by atoms with E-state index >= 15 is 0 Å². The molecule has 3 rings (SSSR count). The van der Waals surface area contributed by atoms with Crippen LogP contribution in [0, 0.1) is 5.92 Å². The zero-order valence-corrected chi connectivity index (χ0v) is 15.2. The third kappa shape index (κ3) is 3.71. The molecule has 0 aliphatic carbocycles. The molecule has 1 aliphatic rings. The zero-order chi connectivity index (χ0) is 17.1. The van der Waals surface area contributed by atoms with Crippen molar-refractivity contribution >= 4 is 11.3 Å². The number of thiazole rings is 1. The summed E-state index contributed by atoms with van der Waals surface area (Å²) in [6, 6.07) is 5.85. The predicted octanol–water partition coefficient (Wildman–Crippen LogP) is 3.03. The van der Waals surface area contributed by atoms with Gasteiger partial charge >= 0.3 is 0 Å². The summed E-state index contributed by atoms with van der Waals surface area (Å²) in [5.74, 6) is 1.81. The van der Waals surface area contributed by atoms with Crippen LogP contribution in [0.1, 0.15) is 19.0 Å². The topological polar surface area (TPSA) is 54.8 Å². The normalized spacial score (nSPS) is 21.7. The third-order valence-electron chi connectivity index (χ3n) is 4.57. The number of hydrogen-bond donors (Lipinski definition) is 1. The van der Waals surface area contributed by atoms with Gasteiger partial charge in [0.2, 0.25) is 0 Å². The van der Waals surface area contributed by atoms with Gasteiger partial charge in [0.15, 0.2) is 11.5 Å². The van der Waals surface area contributed by atoms with Gasteiger partial charge in [-0.2, -0.15) is 0 Å². The Morgan fingerprint density at radius 2 is 2.08 bits per heavy atom. The summed E-state index contributed by atoms with van der Waals surface area (Å²) in [5.41, 5.74) is 2.07. The van der Waals surface area contributed by atoms with Crippen molar-refractivity contribution in [2.24, 2.45) is 5.92 Å². The number of aliphatic hydroxyl groups excluding tert-OH is 1. The second-order valence-corrected chi connectivity index (χ2v) is 7.14. The molecule has 2 unspecified atom stereocenters. The molecule has 0 amide bonds. The fourth-order valence-corrected chi connectivity index (χ4v) is 3.78. The van der Waals surface area contributed by atoms with Crippen LogP contribution in [0.2, 0.25) is 0 Å². The van der Waals surface area contributed by atoms with Crippen LogP contribution in [-0.2, 0) is 6.54 Å². The first-order valence-corrected chi connectivity index (χ1v) is 9.06. The molecule has 2 atom stereocenters. The lowest BCUT2D eigenvalue weighted by atomic mass is 9.96. The number of likely N-dealkylation sites (tertiary alicyclic amines) is 1. The van der Waals surface area contributed by atoms with Crippen molar-refractivity contribution < 1.29 is 14.6 Å². The highest BCUT2D eigenvalue weighted by atomic mass is 32.1. The molecule has 1 aromatic heterocycles. The standard InChI is InChI=1S/C18H24N2O3S/c1-12-6-7-20(10-15(12)21)9-14-11-24-18(19-14)13-4-5-16(22-2)17(8-13)23-3/h4-5,8,11-12,15,21H,6-7,9-10H2,1-3H3. The van der Waals surface area contributed by atoms with Crippen molar-refractivity contribution in [1.82, 2.24) is 9.88 Å². The summed E-state index contributed by atoms with van der Waals surface area (Å²) < 4.78 is 10.6. The zero-order valence-electron chi connectivity index (χ0n) is 14.4. The van der Waals surface area contributed by atoms with Gasteiger partial charge in [-0.05, 0) is 37.1 Å². The van der Waals surface area contributed by atoms with Crippen LogP contribution in [-0.4, -0.2) is 48.4 Å². The van der Waals surface area contributed by atoms with Gasteiger partial charge in [0.05, 0.1) is 26.0 Å². The third-order valence-corrected chi connectivity index (χ3v) is 5.51. The van der Waals surface area contributed by atoms with Crippen molar-refractivity contribution in [3.8, 4) is 22.1 Å². The molecule has 5 nitrogen and oxygen atoms in total. The molecule has 0 bridgehead atoms. The SMILES string of the molecule is COc1ccc(-c2nc(CN3CCC(C)C(O)C3)cs2)cc1OC. The summed E-state index contributed by atoms with van der Waals surface area (Å²) in [7, 11) is 3.27. The van der Waals surface area contributed by atoms with Crippen LogP contribution in [0.15, 0.2) is 23.6 Å². The molecule has 1 saturated heterocycles. The van der Waals surface area contributed by atoms with E-state index in [1.807, 2.05) is 18.2 Å². The number of aromatic nitrogens is 1. The summed E-state index contributed by atoms with van der Waals surface area (Å²) in [4.78, 5) is 7.02. The van der Waals surface area contributed by atoms with Crippen LogP contribution in [0.3, 0.4) is 0 Å². The molecule has 130 valence electrons. The van der Waals surface area contributed by atoms with E-state index in [9.17, 15) is 5.11 Å². The lowest BCUT2D eigenvalue weighted by molar-refractivity contribution is 0.0255. The minimum Gasteiger partial charge on any atom is -0.493 e. The maximum Gasteiger partial charge on any atom is 0.161 e. The highest BCUT2D eigenvalue weighted by Gasteiger charge is 2.24. The molecule has 0 spiro atoms. The number of piperidine rings is 1. The predicted molar refractivity (Wildman–Crippen MR) is 95.7 cm³/mol. The largest absolute Gasteiger partial charge is 0.493 e. The minimum absolute atomic E-state index is 0.234. The number of hydrogen-bond acceptors (Lipinski definition) is 6. The number of β-amino-alcohol motifs (C(OH)–C–C–N with tert-alkyl or cyclic N) is 1. The summed E-state index contributed by atoms with van der Waals surface area (Å²) in [6.07, 6.45) is 0.802. The number of benzene rings is 1. The highest BCUT2D eigenvalue weighted by molar-refractivity contribution is 7.13. The Bertz CT molecular complexity index is 689. The van der Waals surface area contributed by atoms with Crippen molar-refractivity contribution in [3.05, 3.63) is 29.3 Å². The second-order valence-electron chi connectivity index (χ2n) is 6.28. The van der Waals surface area contributed by atoms with E-state index in [1.54, 1.807) is 25.6 Å². The molecular formula is C18H24N2O3S. The Kier molecular flexibility index (Phi) is 5.38. The quantitative estimate of drug-likeness (QED) is 0.900. The number of ether oxygens (including phenoxy) is 2. The van der Waals surface area contributed by atoms with E-state index < -0.39 is 0 Å². The maximum absolute atomic E-state index is 10.0. The minimum atomic E-state index is -0.234. The molecule has 1 fully saturated rings. The van der Waals surface area contributed by atoms with Crippen molar-refractivity contribution in [3.63, 3.8) is 0 Å². The summed E-state index contributed by atoms with van der Waals surface area (Å²) in [5, 5.41) is 13.1. The Labute approximate surface area is 146 Å². The van der Waals surface area contributed by atoms with Gasteiger partial charge in [-0.15, -0.1) is 11.3 Å². The second kappa shape index (κ2) is 7.51. The molecule has 6 heteroatoms. The summed E-state index contributed by atoms with van der Waals surface area (Å²) in [6.45, 7) is 4.64. The van der Waals surface area contributed by atoms with Crippen molar-refractivity contribution in [1.29, 1.82) is 0 Å².